The second-order valence-corrected chi connectivity index (χ2v) is 8.85. The Balaban J connectivity index is 1.39. The number of benzene rings is 1. The molecule has 6 nitrogen and oxygen atoms in total. The molecular weight excluding hydrogens is 378 g/mol. The zero-order valence-electron chi connectivity index (χ0n) is 19.2. The quantitative estimate of drug-likeness (QED) is 0.650. The molecule has 2 aliphatic heterocycles. The Kier molecular flexibility index (Phi) is 8.54. The third-order valence-electron chi connectivity index (χ3n) is 6.10. The molecule has 2 unspecified atom stereocenters. The molecule has 0 saturated carbocycles. The number of amides is 1. The van der Waals surface area contributed by atoms with Gasteiger partial charge in [0.2, 0.25) is 0 Å². The van der Waals surface area contributed by atoms with Crippen molar-refractivity contribution in [3.8, 4) is 0 Å². The van der Waals surface area contributed by atoms with E-state index in [1.807, 2.05) is 29.2 Å². The van der Waals surface area contributed by atoms with Crippen molar-refractivity contribution in [3.63, 3.8) is 0 Å². The molecule has 0 N–H and O–H groups in total. The van der Waals surface area contributed by atoms with Crippen LogP contribution in [0.3, 0.4) is 0 Å². The summed E-state index contributed by atoms with van der Waals surface area (Å²) in [5, 5.41) is 0. The first-order valence-electron chi connectivity index (χ1n) is 11.6. The van der Waals surface area contributed by atoms with Crippen molar-refractivity contribution in [2.45, 2.75) is 58.3 Å². The van der Waals surface area contributed by atoms with Gasteiger partial charge >= 0.3 is 0 Å². The van der Waals surface area contributed by atoms with E-state index in [2.05, 4.69) is 37.6 Å². The molecule has 0 spiro atoms. The fourth-order valence-corrected chi connectivity index (χ4v) is 4.55. The molecule has 1 amide bonds. The monoisotopic (exact) mass is 417 g/mol. The van der Waals surface area contributed by atoms with Crippen molar-refractivity contribution in [2.24, 2.45) is 0 Å². The molecule has 2 fully saturated rings. The predicted octanol–water partition coefficient (Wildman–Crippen LogP) is 3.26. The molecule has 0 radical (unpaired) electrons. The minimum absolute atomic E-state index is 0.134. The highest BCUT2D eigenvalue weighted by Crippen LogP contribution is 2.19. The van der Waals surface area contributed by atoms with E-state index in [0.29, 0.717) is 12.2 Å². The number of morpholine rings is 1. The van der Waals surface area contributed by atoms with E-state index >= 15 is 0 Å². The number of piperidine rings is 1. The van der Waals surface area contributed by atoms with Crippen LogP contribution < -0.4 is 4.90 Å². The number of nitrogens with zero attached hydrogens (tertiary/aromatic N) is 3. The average Bonchev–Trinajstić information content (AvgIpc) is 2.73. The Hall–Kier alpha value is -1.63. The van der Waals surface area contributed by atoms with Crippen LogP contribution in [-0.2, 0) is 9.47 Å². The standard InChI is InChI=1S/C24H39N3O3/c1-5-12-25(4)22-8-6-21(7-9-22)24(28)27-13-10-23(11-14-27)29-16-15-26-17-19(2)30-20(3)18-26/h6-9,19-20,23H,5,10-18H2,1-4H3. The molecular formula is C24H39N3O3. The summed E-state index contributed by atoms with van der Waals surface area (Å²) in [4.78, 5) is 19.5. The Morgan fingerprint density at radius 2 is 1.77 bits per heavy atom. The zero-order valence-corrected chi connectivity index (χ0v) is 19.2. The maximum Gasteiger partial charge on any atom is 0.253 e. The van der Waals surface area contributed by atoms with Crippen LogP contribution in [0.2, 0.25) is 0 Å². The van der Waals surface area contributed by atoms with Gasteiger partial charge in [-0.25, -0.2) is 0 Å². The van der Waals surface area contributed by atoms with Gasteiger partial charge in [0.05, 0.1) is 24.9 Å². The molecule has 2 saturated heterocycles. The largest absolute Gasteiger partial charge is 0.377 e. The molecule has 1 aromatic carbocycles. The van der Waals surface area contributed by atoms with Crippen molar-refractivity contribution in [1.82, 2.24) is 9.80 Å². The smallest absolute Gasteiger partial charge is 0.253 e. The minimum Gasteiger partial charge on any atom is -0.377 e. The average molecular weight is 418 g/mol. The molecule has 30 heavy (non-hydrogen) atoms. The lowest BCUT2D eigenvalue weighted by Crippen LogP contribution is -2.47. The topological polar surface area (TPSA) is 45.2 Å². The summed E-state index contributed by atoms with van der Waals surface area (Å²) in [6.45, 7) is 12.7. The molecule has 3 rings (SSSR count). The Labute approximate surface area is 182 Å². The van der Waals surface area contributed by atoms with Crippen LogP contribution in [-0.4, -0.2) is 86.9 Å². The van der Waals surface area contributed by atoms with E-state index in [1.165, 1.54) is 0 Å². The maximum atomic E-state index is 12.8. The molecule has 0 aliphatic carbocycles. The first-order valence-corrected chi connectivity index (χ1v) is 11.6. The minimum atomic E-state index is 0.134. The molecule has 2 aliphatic rings. The van der Waals surface area contributed by atoms with Gasteiger partial charge in [0.15, 0.2) is 0 Å². The lowest BCUT2D eigenvalue weighted by Gasteiger charge is -2.36. The molecule has 6 heteroatoms. The summed E-state index contributed by atoms with van der Waals surface area (Å²) in [5.74, 6) is 0.134. The maximum absolute atomic E-state index is 12.8. The Morgan fingerprint density at radius 3 is 2.37 bits per heavy atom. The molecule has 2 heterocycles. The van der Waals surface area contributed by atoms with E-state index in [-0.39, 0.29) is 12.0 Å². The van der Waals surface area contributed by atoms with Crippen molar-refractivity contribution in [1.29, 1.82) is 0 Å². The van der Waals surface area contributed by atoms with E-state index < -0.39 is 0 Å². The van der Waals surface area contributed by atoms with Crippen molar-refractivity contribution < 1.29 is 14.3 Å². The lowest BCUT2D eigenvalue weighted by atomic mass is 10.1. The summed E-state index contributed by atoms with van der Waals surface area (Å²) >= 11 is 0. The van der Waals surface area contributed by atoms with Crippen LogP contribution >= 0.6 is 0 Å². The molecule has 2 atom stereocenters. The Morgan fingerprint density at radius 1 is 1.13 bits per heavy atom. The van der Waals surface area contributed by atoms with E-state index in [9.17, 15) is 4.79 Å². The Bertz CT molecular complexity index is 648. The summed E-state index contributed by atoms with van der Waals surface area (Å²) in [6, 6.07) is 8.01. The van der Waals surface area contributed by atoms with Gasteiger partial charge in [-0.2, -0.15) is 0 Å². The van der Waals surface area contributed by atoms with E-state index in [1.54, 1.807) is 0 Å². The molecule has 0 aromatic heterocycles. The number of carbonyl (C=O) groups is 1. The zero-order chi connectivity index (χ0) is 21.5. The van der Waals surface area contributed by atoms with Gasteiger partial charge in [-0.3, -0.25) is 9.69 Å². The van der Waals surface area contributed by atoms with Crippen LogP contribution in [0.5, 0.6) is 0 Å². The highest BCUT2D eigenvalue weighted by Gasteiger charge is 2.25. The number of ether oxygens (including phenoxy) is 2. The fourth-order valence-electron chi connectivity index (χ4n) is 4.55. The lowest BCUT2D eigenvalue weighted by molar-refractivity contribution is -0.0780. The molecule has 168 valence electrons. The SMILES string of the molecule is CCCN(C)c1ccc(C(=O)N2CCC(OCCN3CC(C)OC(C)C3)CC2)cc1. The predicted molar refractivity (Wildman–Crippen MR) is 121 cm³/mol. The summed E-state index contributed by atoms with van der Waals surface area (Å²) < 4.78 is 11.9. The number of carbonyl (C=O) groups excluding carboxylic acids is 1. The normalized spacial score (nSPS) is 23.5. The van der Waals surface area contributed by atoms with Crippen molar-refractivity contribution >= 4 is 11.6 Å². The summed E-state index contributed by atoms with van der Waals surface area (Å²) in [5.41, 5.74) is 1.93. The number of rotatable bonds is 8. The molecule has 0 bridgehead atoms. The van der Waals surface area contributed by atoms with Gasteiger partial charge in [0.1, 0.15) is 0 Å². The van der Waals surface area contributed by atoms with Gasteiger partial charge in [-0.1, -0.05) is 6.92 Å². The second-order valence-electron chi connectivity index (χ2n) is 8.85. The molecule has 1 aromatic rings. The summed E-state index contributed by atoms with van der Waals surface area (Å²) in [6.07, 6.45) is 3.79. The van der Waals surface area contributed by atoms with E-state index in [4.69, 9.17) is 9.47 Å². The highest BCUT2D eigenvalue weighted by atomic mass is 16.5. The highest BCUT2D eigenvalue weighted by molar-refractivity contribution is 5.94. The number of anilines is 1. The van der Waals surface area contributed by atoms with Gasteiger partial charge < -0.3 is 19.3 Å². The first kappa shape index (κ1) is 23.0. The summed E-state index contributed by atoms with van der Waals surface area (Å²) in [7, 11) is 2.09. The fraction of sp³-hybridized carbons (Fsp3) is 0.708. The van der Waals surface area contributed by atoms with Gasteiger partial charge in [0, 0.05) is 57.6 Å². The van der Waals surface area contributed by atoms with Crippen LogP contribution in [0.15, 0.2) is 24.3 Å². The number of hydrogen-bond donors (Lipinski definition) is 0. The van der Waals surface area contributed by atoms with Gasteiger partial charge in [0.25, 0.3) is 5.91 Å². The van der Waals surface area contributed by atoms with Crippen LogP contribution in [0, 0.1) is 0 Å². The second kappa shape index (κ2) is 11.1. The van der Waals surface area contributed by atoms with E-state index in [0.717, 1.165) is 76.4 Å². The van der Waals surface area contributed by atoms with Crippen LogP contribution in [0.1, 0.15) is 50.4 Å². The van der Waals surface area contributed by atoms with Crippen molar-refractivity contribution in [3.05, 3.63) is 29.8 Å². The van der Waals surface area contributed by atoms with Crippen LogP contribution in [0.25, 0.3) is 0 Å². The number of likely N-dealkylation sites (tertiary alicyclic amines) is 1. The third kappa shape index (κ3) is 6.43. The van der Waals surface area contributed by atoms with Crippen LogP contribution in [0.4, 0.5) is 5.69 Å². The van der Waals surface area contributed by atoms with Crippen molar-refractivity contribution in [2.75, 3.05) is 57.8 Å². The third-order valence-corrected chi connectivity index (χ3v) is 6.10. The number of hydrogen-bond acceptors (Lipinski definition) is 5. The van der Waals surface area contributed by atoms with Gasteiger partial charge in [-0.05, 0) is 57.4 Å². The van der Waals surface area contributed by atoms with Gasteiger partial charge in [-0.15, -0.1) is 0 Å². The first-order chi connectivity index (χ1) is 14.5.